The van der Waals surface area contributed by atoms with Gasteiger partial charge in [-0.05, 0) is 62.1 Å². The average molecular weight is 543 g/mol. The second-order valence-corrected chi connectivity index (χ2v) is 11.3. The molecule has 0 spiro atoms. The number of carbonyl (C=O) groups is 2. The van der Waals surface area contributed by atoms with Crippen molar-refractivity contribution in [2.75, 3.05) is 23.7 Å². The Hall–Kier alpha value is -2.29. The van der Waals surface area contributed by atoms with Gasteiger partial charge < -0.3 is 10.2 Å². The number of anilines is 1. The first-order chi connectivity index (χ1) is 16.4. The Balaban J connectivity index is 2.19. The summed E-state index contributed by atoms with van der Waals surface area (Å²) in [6, 6.07) is 11.5. The van der Waals surface area contributed by atoms with E-state index in [0.717, 1.165) is 18.2 Å². The Bertz CT molecular complexity index is 1140. The van der Waals surface area contributed by atoms with E-state index in [4.69, 9.17) is 23.2 Å². The van der Waals surface area contributed by atoms with Crippen molar-refractivity contribution in [3.63, 3.8) is 0 Å². The van der Waals surface area contributed by atoms with Crippen molar-refractivity contribution in [2.24, 2.45) is 0 Å². The fourth-order valence-electron chi connectivity index (χ4n) is 3.60. The molecule has 0 radical (unpaired) electrons. The van der Waals surface area contributed by atoms with Crippen LogP contribution in [0.25, 0.3) is 0 Å². The lowest BCUT2D eigenvalue weighted by Crippen LogP contribution is -2.48. The molecule has 2 amide bonds. The van der Waals surface area contributed by atoms with Gasteiger partial charge in [0.05, 0.1) is 11.9 Å². The third-order valence-electron chi connectivity index (χ3n) is 5.51. The Kier molecular flexibility index (Phi) is 10.9. The van der Waals surface area contributed by atoms with Crippen LogP contribution in [0.3, 0.4) is 0 Å². The predicted molar refractivity (Wildman–Crippen MR) is 142 cm³/mol. The Morgan fingerprint density at radius 3 is 2.43 bits per heavy atom. The van der Waals surface area contributed by atoms with E-state index in [9.17, 15) is 18.0 Å². The van der Waals surface area contributed by atoms with Crippen molar-refractivity contribution in [3.05, 3.63) is 63.6 Å². The first-order valence-corrected chi connectivity index (χ1v) is 14.1. The highest BCUT2D eigenvalue weighted by Gasteiger charge is 2.27. The summed E-state index contributed by atoms with van der Waals surface area (Å²) >= 11 is 12.3. The molecule has 35 heavy (non-hydrogen) atoms. The van der Waals surface area contributed by atoms with E-state index < -0.39 is 16.1 Å². The molecule has 0 aliphatic heterocycles. The quantitative estimate of drug-likeness (QED) is 0.418. The molecule has 2 aromatic carbocycles. The zero-order chi connectivity index (χ0) is 26.2. The minimum absolute atomic E-state index is 0.0639. The number of carbonyl (C=O) groups excluding carboxylic acids is 2. The summed E-state index contributed by atoms with van der Waals surface area (Å²) in [6.07, 6.45) is 2.27. The number of rotatable bonds is 12. The largest absolute Gasteiger partial charge is 0.354 e. The van der Waals surface area contributed by atoms with Crippen LogP contribution < -0.4 is 9.62 Å². The maximum Gasteiger partial charge on any atom is 0.242 e. The van der Waals surface area contributed by atoms with Crippen LogP contribution in [0.4, 0.5) is 5.69 Å². The monoisotopic (exact) mass is 541 g/mol. The van der Waals surface area contributed by atoms with Gasteiger partial charge in [-0.15, -0.1) is 0 Å². The Morgan fingerprint density at radius 1 is 1.11 bits per heavy atom. The van der Waals surface area contributed by atoms with E-state index >= 15 is 0 Å². The zero-order valence-corrected chi connectivity index (χ0v) is 22.9. The molecular formula is C25H33Cl2N3O4S. The van der Waals surface area contributed by atoms with Gasteiger partial charge in [0.1, 0.15) is 6.04 Å². The molecule has 0 bridgehead atoms. The summed E-state index contributed by atoms with van der Waals surface area (Å²) in [6.45, 7) is 6.28. The first-order valence-electron chi connectivity index (χ1n) is 11.5. The van der Waals surface area contributed by atoms with Crippen molar-refractivity contribution in [1.82, 2.24) is 10.2 Å². The van der Waals surface area contributed by atoms with Crippen LogP contribution in [-0.4, -0.2) is 50.5 Å². The first kappa shape index (κ1) is 28.9. The number of nitrogens with zero attached hydrogens (tertiary/aromatic N) is 2. The second-order valence-electron chi connectivity index (χ2n) is 8.50. The molecule has 2 aromatic rings. The topological polar surface area (TPSA) is 86.8 Å². The highest BCUT2D eigenvalue weighted by molar-refractivity contribution is 7.92. The summed E-state index contributed by atoms with van der Waals surface area (Å²) < 4.78 is 26.1. The number of halogens is 2. The standard InChI is InChI=1S/C25H33Cl2N3O4S/c1-5-13-28-25(32)19(3)29(17-20-11-12-21(26)16-23(20)27)24(31)10-7-14-30(35(4,33)34)22-9-6-8-18(2)15-22/h6,8-9,11-12,15-16,19H,5,7,10,13-14,17H2,1-4H3,(H,28,32). The maximum absolute atomic E-state index is 13.3. The van der Waals surface area contributed by atoms with Crippen LogP contribution in [0.1, 0.15) is 44.2 Å². The van der Waals surface area contributed by atoms with E-state index in [0.29, 0.717) is 27.8 Å². The molecule has 7 nitrogen and oxygen atoms in total. The minimum atomic E-state index is -3.54. The lowest BCUT2D eigenvalue weighted by Gasteiger charge is -2.29. The number of aryl methyl sites for hydroxylation is 1. The lowest BCUT2D eigenvalue weighted by molar-refractivity contribution is -0.140. The summed E-state index contributed by atoms with van der Waals surface area (Å²) in [4.78, 5) is 27.4. The highest BCUT2D eigenvalue weighted by atomic mass is 35.5. The second kappa shape index (κ2) is 13.1. The number of sulfonamides is 1. The van der Waals surface area contributed by atoms with E-state index in [-0.39, 0.29) is 37.7 Å². The van der Waals surface area contributed by atoms with Crippen LogP contribution in [0.2, 0.25) is 10.0 Å². The summed E-state index contributed by atoms with van der Waals surface area (Å²) in [7, 11) is -3.54. The fraction of sp³-hybridized carbons (Fsp3) is 0.440. The van der Waals surface area contributed by atoms with Gasteiger partial charge in [0.2, 0.25) is 21.8 Å². The number of nitrogens with one attached hydrogen (secondary N) is 1. The van der Waals surface area contributed by atoms with E-state index in [2.05, 4.69) is 5.32 Å². The molecule has 10 heteroatoms. The summed E-state index contributed by atoms with van der Waals surface area (Å²) in [5, 5.41) is 3.70. The summed E-state index contributed by atoms with van der Waals surface area (Å²) in [5.41, 5.74) is 2.15. The Labute approximate surface area is 218 Å². The number of hydrogen-bond acceptors (Lipinski definition) is 4. The Morgan fingerprint density at radius 2 is 1.83 bits per heavy atom. The molecule has 1 N–H and O–H groups in total. The molecule has 0 aromatic heterocycles. The van der Waals surface area contributed by atoms with Crippen LogP contribution >= 0.6 is 23.2 Å². The van der Waals surface area contributed by atoms with Crippen LogP contribution in [-0.2, 0) is 26.2 Å². The average Bonchev–Trinajstić information content (AvgIpc) is 2.78. The molecule has 2 rings (SSSR count). The number of benzene rings is 2. The van der Waals surface area contributed by atoms with Crippen molar-refractivity contribution in [1.29, 1.82) is 0 Å². The fourth-order valence-corrected chi connectivity index (χ4v) is 5.02. The van der Waals surface area contributed by atoms with Crippen LogP contribution in [0, 0.1) is 6.92 Å². The van der Waals surface area contributed by atoms with Gasteiger partial charge in [0, 0.05) is 36.1 Å². The predicted octanol–water partition coefficient (Wildman–Crippen LogP) is 4.79. The molecule has 1 atom stereocenters. The molecule has 192 valence electrons. The normalized spacial score (nSPS) is 12.2. The van der Waals surface area contributed by atoms with E-state index in [1.807, 2.05) is 19.9 Å². The van der Waals surface area contributed by atoms with E-state index in [1.54, 1.807) is 43.3 Å². The molecule has 0 aliphatic carbocycles. The van der Waals surface area contributed by atoms with Crippen LogP contribution in [0.5, 0.6) is 0 Å². The SMILES string of the molecule is CCCNC(=O)C(C)N(Cc1ccc(Cl)cc1Cl)C(=O)CCCN(c1cccc(C)c1)S(C)(=O)=O. The zero-order valence-electron chi connectivity index (χ0n) is 20.6. The third-order valence-corrected chi connectivity index (χ3v) is 7.30. The van der Waals surface area contributed by atoms with Crippen molar-refractivity contribution in [3.8, 4) is 0 Å². The van der Waals surface area contributed by atoms with Gasteiger partial charge in [-0.25, -0.2) is 8.42 Å². The van der Waals surface area contributed by atoms with Crippen molar-refractivity contribution in [2.45, 2.75) is 52.6 Å². The molecule has 0 saturated carbocycles. The molecule has 0 fully saturated rings. The number of hydrogen-bond donors (Lipinski definition) is 1. The van der Waals surface area contributed by atoms with Gasteiger partial charge in [-0.2, -0.15) is 0 Å². The molecule has 1 unspecified atom stereocenters. The molecular weight excluding hydrogens is 509 g/mol. The minimum Gasteiger partial charge on any atom is -0.354 e. The van der Waals surface area contributed by atoms with Gasteiger partial charge in [-0.1, -0.05) is 48.3 Å². The molecule has 0 heterocycles. The van der Waals surface area contributed by atoms with Gasteiger partial charge in [0.15, 0.2) is 0 Å². The van der Waals surface area contributed by atoms with Crippen molar-refractivity contribution < 1.29 is 18.0 Å². The van der Waals surface area contributed by atoms with Crippen molar-refractivity contribution >= 4 is 50.7 Å². The van der Waals surface area contributed by atoms with Crippen LogP contribution in [0.15, 0.2) is 42.5 Å². The number of amides is 2. The van der Waals surface area contributed by atoms with Gasteiger partial charge in [0.25, 0.3) is 0 Å². The summed E-state index contributed by atoms with van der Waals surface area (Å²) in [5.74, 6) is -0.532. The van der Waals surface area contributed by atoms with Gasteiger partial charge in [-0.3, -0.25) is 13.9 Å². The maximum atomic E-state index is 13.3. The molecule has 0 aliphatic rings. The van der Waals surface area contributed by atoms with E-state index in [1.165, 1.54) is 9.21 Å². The smallest absolute Gasteiger partial charge is 0.242 e. The van der Waals surface area contributed by atoms with Gasteiger partial charge >= 0.3 is 0 Å². The molecule has 0 saturated heterocycles. The third kappa shape index (κ3) is 8.70. The lowest BCUT2D eigenvalue weighted by atomic mass is 10.1. The highest BCUT2D eigenvalue weighted by Crippen LogP contribution is 2.24.